The lowest BCUT2D eigenvalue weighted by Gasteiger charge is -2.27. The van der Waals surface area contributed by atoms with E-state index in [0.29, 0.717) is 6.04 Å². The molecule has 0 spiro atoms. The Bertz CT molecular complexity index is 690. The molecule has 4 rings (SSSR count). The number of likely N-dealkylation sites (N-methyl/N-ethyl adjacent to an activating group) is 1. The van der Waals surface area contributed by atoms with Crippen molar-refractivity contribution in [3.8, 4) is 0 Å². The highest BCUT2D eigenvalue weighted by molar-refractivity contribution is 7.80. The summed E-state index contributed by atoms with van der Waals surface area (Å²) in [5, 5.41) is 4.25. The van der Waals surface area contributed by atoms with E-state index in [1.54, 1.807) is 0 Å². The molecule has 0 aromatic carbocycles. The molecule has 2 aromatic heterocycles. The minimum absolute atomic E-state index is 0.101. The van der Waals surface area contributed by atoms with Crippen LogP contribution in [0.5, 0.6) is 0 Å². The maximum Gasteiger partial charge on any atom is 0.169 e. The van der Waals surface area contributed by atoms with E-state index in [9.17, 15) is 0 Å². The number of pyridine rings is 1. The fourth-order valence-corrected chi connectivity index (χ4v) is 4.24. The Labute approximate surface area is 142 Å². The van der Waals surface area contributed by atoms with Gasteiger partial charge in [0, 0.05) is 31.2 Å². The Hall–Kier alpha value is -1.88. The van der Waals surface area contributed by atoms with E-state index in [0.717, 1.165) is 10.8 Å². The van der Waals surface area contributed by atoms with Gasteiger partial charge in [-0.3, -0.25) is 4.98 Å². The highest BCUT2D eigenvalue weighted by Crippen LogP contribution is 2.40. The second kappa shape index (κ2) is 5.96. The molecule has 5 heteroatoms. The van der Waals surface area contributed by atoms with Crippen molar-refractivity contribution < 1.29 is 0 Å². The smallest absolute Gasteiger partial charge is 0.169 e. The van der Waals surface area contributed by atoms with Crippen LogP contribution in [0.2, 0.25) is 0 Å². The fraction of sp³-hybridized carbons (Fsp3) is 0.444. The average molecular weight is 326 g/mol. The molecule has 1 saturated heterocycles. The molecule has 2 atom stereocenters. The van der Waals surface area contributed by atoms with Crippen LogP contribution in [-0.4, -0.2) is 26.6 Å². The van der Waals surface area contributed by atoms with E-state index in [4.69, 9.17) is 12.2 Å². The zero-order valence-electron chi connectivity index (χ0n) is 13.4. The summed E-state index contributed by atoms with van der Waals surface area (Å²) >= 11 is 5.53. The van der Waals surface area contributed by atoms with E-state index in [1.807, 2.05) is 18.3 Å². The van der Waals surface area contributed by atoms with Crippen molar-refractivity contribution in [1.29, 1.82) is 0 Å². The van der Waals surface area contributed by atoms with Gasteiger partial charge in [-0.15, -0.1) is 0 Å². The first-order valence-electron chi connectivity index (χ1n) is 8.36. The van der Waals surface area contributed by atoms with Crippen molar-refractivity contribution >= 4 is 17.3 Å². The number of nitrogens with zero attached hydrogens (tertiary/aromatic N) is 3. The topological polar surface area (TPSA) is 33.1 Å². The molecule has 1 saturated carbocycles. The van der Waals surface area contributed by atoms with Crippen molar-refractivity contribution in [2.75, 3.05) is 7.05 Å². The van der Waals surface area contributed by atoms with E-state index < -0.39 is 0 Å². The zero-order valence-corrected chi connectivity index (χ0v) is 14.2. The number of aromatic nitrogens is 2. The normalized spacial score (nSPS) is 25.1. The number of hydrogen-bond donors (Lipinski definition) is 1. The van der Waals surface area contributed by atoms with Gasteiger partial charge in [0.1, 0.15) is 0 Å². The van der Waals surface area contributed by atoms with Crippen LogP contribution in [0.25, 0.3) is 0 Å². The van der Waals surface area contributed by atoms with Crippen LogP contribution >= 0.6 is 12.2 Å². The van der Waals surface area contributed by atoms with Gasteiger partial charge < -0.3 is 14.8 Å². The minimum atomic E-state index is 0.101. The van der Waals surface area contributed by atoms with E-state index >= 15 is 0 Å². The summed E-state index contributed by atoms with van der Waals surface area (Å²) in [4.78, 5) is 6.73. The maximum absolute atomic E-state index is 5.53. The van der Waals surface area contributed by atoms with Gasteiger partial charge in [-0.2, -0.15) is 0 Å². The molecule has 3 heterocycles. The number of thiocarbonyl (C=S) groups is 1. The molecule has 1 N–H and O–H groups in total. The third kappa shape index (κ3) is 2.53. The molecule has 120 valence electrons. The molecule has 2 aliphatic rings. The first-order chi connectivity index (χ1) is 11.3. The van der Waals surface area contributed by atoms with Crippen LogP contribution in [0, 0.1) is 0 Å². The third-order valence-corrected chi connectivity index (χ3v) is 5.58. The maximum atomic E-state index is 5.53. The molecular weight excluding hydrogens is 304 g/mol. The minimum Gasteiger partial charge on any atom is -0.352 e. The summed E-state index contributed by atoms with van der Waals surface area (Å²) in [6.07, 6.45) is 9.32. The standard InChI is InChI=1S/C18H22N4S/c1-21-17(15-10-6-12-22(15)13-7-2-3-8-13)16(20-18(21)23)14-9-4-5-11-19-14/h4-6,9-13,16-17H,2-3,7-8H2,1H3,(H,20,23). The van der Waals surface area contributed by atoms with Crippen LogP contribution in [0.15, 0.2) is 42.7 Å². The van der Waals surface area contributed by atoms with Gasteiger partial charge in [-0.1, -0.05) is 18.9 Å². The van der Waals surface area contributed by atoms with E-state index in [2.05, 4.69) is 51.2 Å². The first kappa shape index (κ1) is 14.7. The summed E-state index contributed by atoms with van der Waals surface area (Å²) in [5.41, 5.74) is 2.38. The number of nitrogens with one attached hydrogen (secondary N) is 1. The summed E-state index contributed by atoms with van der Waals surface area (Å²) in [6.45, 7) is 0. The van der Waals surface area contributed by atoms with Gasteiger partial charge in [0.05, 0.1) is 17.8 Å². The molecule has 2 unspecified atom stereocenters. The average Bonchev–Trinajstić information content (AvgIpc) is 3.29. The molecule has 0 bridgehead atoms. The van der Waals surface area contributed by atoms with Gasteiger partial charge in [-0.25, -0.2) is 0 Å². The molecule has 4 nitrogen and oxygen atoms in total. The predicted octanol–water partition coefficient (Wildman–Crippen LogP) is 3.60. The SMILES string of the molecule is CN1C(=S)NC(c2ccccn2)C1c1cccn1C1CCCC1. The van der Waals surface area contributed by atoms with Gasteiger partial charge in [0.15, 0.2) is 5.11 Å². The van der Waals surface area contributed by atoms with Crippen molar-refractivity contribution in [3.05, 3.63) is 54.1 Å². The molecule has 2 aromatic rings. The van der Waals surface area contributed by atoms with Crippen molar-refractivity contribution in [1.82, 2.24) is 19.8 Å². The number of hydrogen-bond acceptors (Lipinski definition) is 2. The molecule has 1 aliphatic heterocycles. The van der Waals surface area contributed by atoms with Gasteiger partial charge in [0.25, 0.3) is 0 Å². The first-order valence-corrected chi connectivity index (χ1v) is 8.77. The monoisotopic (exact) mass is 326 g/mol. The van der Waals surface area contributed by atoms with E-state index in [1.165, 1.54) is 31.4 Å². The largest absolute Gasteiger partial charge is 0.352 e. The van der Waals surface area contributed by atoms with Crippen LogP contribution in [0.4, 0.5) is 0 Å². The second-order valence-corrected chi connectivity index (χ2v) is 6.90. The summed E-state index contributed by atoms with van der Waals surface area (Å²) in [5.74, 6) is 0. The van der Waals surface area contributed by atoms with Crippen molar-refractivity contribution in [2.45, 2.75) is 43.8 Å². The molecular formula is C18H22N4S. The predicted molar refractivity (Wildman–Crippen MR) is 95.2 cm³/mol. The van der Waals surface area contributed by atoms with Gasteiger partial charge in [0.2, 0.25) is 0 Å². The van der Waals surface area contributed by atoms with Crippen molar-refractivity contribution in [2.24, 2.45) is 0 Å². The summed E-state index contributed by atoms with van der Waals surface area (Å²) < 4.78 is 2.47. The van der Waals surface area contributed by atoms with Crippen LogP contribution in [-0.2, 0) is 0 Å². The summed E-state index contributed by atoms with van der Waals surface area (Å²) in [6, 6.07) is 11.4. The molecule has 1 aliphatic carbocycles. The highest BCUT2D eigenvalue weighted by Gasteiger charge is 2.39. The summed E-state index contributed by atoms with van der Waals surface area (Å²) in [7, 11) is 2.08. The van der Waals surface area contributed by atoms with Gasteiger partial charge >= 0.3 is 0 Å². The molecule has 0 amide bonds. The lowest BCUT2D eigenvalue weighted by Crippen LogP contribution is -2.26. The van der Waals surface area contributed by atoms with Crippen LogP contribution < -0.4 is 5.32 Å². The number of rotatable bonds is 3. The fourth-order valence-electron chi connectivity index (χ4n) is 4.00. The second-order valence-electron chi connectivity index (χ2n) is 6.52. The Morgan fingerprint density at radius 3 is 2.74 bits per heavy atom. The van der Waals surface area contributed by atoms with Gasteiger partial charge in [-0.05, 0) is 49.3 Å². The highest BCUT2D eigenvalue weighted by atomic mass is 32.1. The van der Waals surface area contributed by atoms with Crippen molar-refractivity contribution in [3.63, 3.8) is 0 Å². The Morgan fingerprint density at radius 2 is 2.00 bits per heavy atom. The Kier molecular flexibility index (Phi) is 3.81. The van der Waals surface area contributed by atoms with Crippen LogP contribution in [0.3, 0.4) is 0 Å². The lowest BCUT2D eigenvalue weighted by atomic mass is 10.0. The molecule has 0 radical (unpaired) electrons. The molecule has 2 fully saturated rings. The lowest BCUT2D eigenvalue weighted by molar-refractivity contribution is 0.337. The Morgan fingerprint density at radius 1 is 1.17 bits per heavy atom. The van der Waals surface area contributed by atoms with E-state index in [-0.39, 0.29) is 12.1 Å². The Balaban J connectivity index is 1.73. The third-order valence-electron chi connectivity index (χ3n) is 5.17. The zero-order chi connectivity index (χ0) is 15.8. The molecule has 23 heavy (non-hydrogen) atoms. The van der Waals surface area contributed by atoms with Crippen LogP contribution in [0.1, 0.15) is 55.2 Å². The quantitative estimate of drug-likeness (QED) is 0.874.